The van der Waals surface area contributed by atoms with Gasteiger partial charge >= 0.3 is 0 Å². The molecule has 1 aliphatic heterocycles. The Morgan fingerprint density at radius 1 is 1.30 bits per heavy atom. The second-order valence-corrected chi connectivity index (χ2v) is 5.68. The van der Waals surface area contributed by atoms with Crippen molar-refractivity contribution in [1.82, 2.24) is 15.3 Å². The van der Waals surface area contributed by atoms with Crippen molar-refractivity contribution in [2.24, 2.45) is 5.92 Å². The van der Waals surface area contributed by atoms with Gasteiger partial charge in [0, 0.05) is 32.0 Å². The van der Waals surface area contributed by atoms with Crippen LogP contribution in [0.3, 0.4) is 0 Å². The van der Waals surface area contributed by atoms with Gasteiger partial charge in [-0.05, 0) is 36.6 Å². The number of aromatic nitrogens is 2. The number of amides is 1. The van der Waals surface area contributed by atoms with Gasteiger partial charge in [0.2, 0.25) is 11.9 Å². The number of carbonyl (C=O) groups is 1. The van der Waals surface area contributed by atoms with Gasteiger partial charge in [-0.15, -0.1) is 0 Å². The van der Waals surface area contributed by atoms with Crippen molar-refractivity contribution in [3.8, 4) is 0 Å². The number of rotatable bonds is 4. The van der Waals surface area contributed by atoms with Crippen molar-refractivity contribution in [2.75, 3.05) is 18.0 Å². The van der Waals surface area contributed by atoms with Crippen LogP contribution in [0.1, 0.15) is 18.4 Å². The van der Waals surface area contributed by atoms with Crippen molar-refractivity contribution in [3.05, 3.63) is 54.1 Å². The second-order valence-electron chi connectivity index (χ2n) is 5.68. The number of benzene rings is 1. The number of hydrogen-bond donors (Lipinski definition) is 1. The van der Waals surface area contributed by atoms with E-state index in [4.69, 9.17) is 0 Å². The van der Waals surface area contributed by atoms with Crippen LogP contribution >= 0.6 is 0 Å². The lowest BCUT2D eigenvalue weighted by Gasteiger charge is -2.31. The SMILES string of the molecule is O=C(NCc1cccc(F)c1)C1CCCN(c2ncccn2)C1. The van der Waals surface area contributed by atoms with Crippen LogP contribution in [0, 0.1) is 11.7 Å². The molecule has 1 atom stereocenters. The molecule has 1 aliphatic rings. The Morgan fingerprint density at radius 3 is 2.91 bits per heavy atom. The molecule has 1 N–H and O–H groups in total. The van der Waals surface area contributed by atoms with Gasteiger partial charge in [-0.1, -0.05) is 12.1 Å². The fourth-order valence-corrected chi connectivity index (χ4v) is 2.81. The standard InChI is InChI=1S/C17H19FN4O/c18-15-6-1-4-13(10-15)11-21-16(23)14-5-2-9-22(12-14)17-19-7-3-8-20-17/h1,3-4,6-8,10,14H,2,5,9,11-12H2,(H,21,23). The van der Waals surface area contributed by atoms with Crippen molar-refractivity contribution >= 4 is 11.9 Å². The average Bonchev–Trinajstić information content (AvgIpc) is 2.61. The fraction of sp³-hybridized carbons (Fsp3) is 0.353. The van der Waals surface area contributed by atoms with Crippen LogP contribution < -0.4 is 10.2 Å². The predicted molar refractivity (Wildman–Crippen MR) is 85.2 cm³/mol. The molecular weight excluding hydrogens is 295 g/mol. The van der Waals surface area contributed by atoms with E-state index in [1.54, 1.807) is 30.6 Å². The highest BCUT2D eigenvalue weighted by molar-refractivity contribution is 5.79. The molecule has 1 unspecified atom stereocenters. The van der Waals surface area contributed by atoms with Gasteiger partial charge in [0.15, 0.2) is 0 Å². The third-order valence-electron chi connectivity index (χ3n) is 3.98. The highest BCUT2D eigenvalue weighted by atomic mass is 19.1. The van der Waals surface area contributed by atoms with E-state index >= 15 is 0 Å². The van der Waals surface area contributed by atoms with Crippen LogP contribution in [0.15, 0.2) is 42.7 Å². The zero-order chi connectivity index (χ0) is 16.1. The monoisotopic (exact) mass is 314 g/mol. The summed E-state index contributed by atoms with van der Waals surface area (Å²) in [6.45, 7) is 1.81. The summed E-state index contributed by atoms with van der Waals surface area (Å²) in [6, 6.07) is 8.05. The Hall–Kier alpha value is -2.50. The summed E-state index contributed by atoms with van der Waals surface area (Å²) in [7, 11) is 0. The van der Waals surface area contributed by atoms with Crippen molar-refractivity contribution < 1.29 is 9.18 Å². The minimum Gasteiger partial charge on any atom is -0.352 e. The second kappa shape index (κ2) is 7.17. The average molecular weight is 314 g/mol. The Kier molecular flexibility index (Phi) is 4.80. The maximum absolute atomic E-state index is 13.2. The molecule has 1 amide bonds. The van der Waals surface area contributed by atoms with E-state index < -0.39 is 0 Å². The van der Waals surface area contributed by atoms with E-state index in [1.165, 1.54) is 12.1 Å². The summed E-state index contributed by atoms with van der Waals surface area (Å²) in [5.74, 6) is 0.271. The lowest BCUT2D eigenvalue weighted by molar-refractivity contribution is -0.125. The first-order valence-corrected chi connectivity index (χ1v) is 7.76. The Balaban J connectivity index is 1.57. The van der Waals surface area contributed by atoms with E-state index in [9.17, 15) is 9.18 Å². The molecule has 3 rings (SSSR count). The molecule has 6 heteroatoms. The molecule has 0 aliphatic carbocycles. The van der Waals surface area contributed by atoms with Gasteiger partial charge in [-0.3, -0.25) is 4.79 Å². The molecule has 2 aromatic rings. The van der Waals surface area contributed by atoms with Crippen LogP contribution in [-0.2, 0) is 11.3 Å². The number of nitrogens with one attached hydrogen (secondary N) is 1. The van der Waals surface area contributed by atoms with E-state index in [0.29, 0.717) is 19.0 Å². The molecule has 0 saturated carbocycles. The zero-order valence-corrected chi connectivity index (χ0v) is 12.8. The Bertz CT molecular complexity index is 665. The Labute approximate surface area is 134 Å². The molecule has 1 saturated heterocycles. The summed E-state index contributed by atoms with van der Waals surface area (Å²) in [5, 5.41) is 2.89. The van der Waals surface area contributed by atoms with Crippen LogP contribution in [-0.4, -0.2) is 29.0 Å². The third-order valence-corrected chi connectivity index (χ3v) is 3.98. The Morgan fingerprint density at radius 2 is 2.13 bits per heavy atom. The number of hydrogen-bond acceptors (Lipinski definition) is 4. The normalized spacial score (nSPS) is 17.8. The van der Waals surface area contributed by atoms with Gasteiger partial charge in [0.25, 0.3) is 0 Å². The van der Waals surface area contributed by atoms with Gasteiger partial charge in [0.05, 0.1) is 5.92 Å². The van der Waals surface area contributed by atoms with Gasteiger partial charge in [-0.25, -0.2) is 14.4 Å². The smallest absolute Gasteiger partial charge is 0.225 e. The summed E-state index contributed by atoms with van der Waals surface area (Å²) in [5.41, 5.74) is 0.761. The summed E-state index contributed by atoms with van der Waals surface area (Å²) >= 11 is 0. The number of nitrogens with zero attached hydrogens (tertiary/aromatic N) is 3. The highest BCUT2D eigenvalue weighted by Gasteiger charge is 2.26. The fourth-order valence-electron chi connectivity index (χ4n) is 2.81. The first kappa shape index (κ1) is 15.4. The summed E-state index contributed by atoms with van der Waals surface area (Å²) in [4.78, 5) is 22.9. The van der Waals surface area contributed by atoms with E-state index in [-0.39, 0.29) is 17.6 Å². The van der Waals surface area contributed by atoms with Crippen LogP contribution in [0.25, 0.3) is 0 Å². The number of piperidine rings is 1. The first-order valence-electron chi connectivity index (χ1n) is 7.76. The summed E-state index contributed by atoms with van der Waals surface area (Å²) in [6.07, 6.45) is 5.18. The largest absolute Gasteiger partial charge is 0.352 e. The van der Waals surface area contributed by atoms with Crippen molar-refractivity contribution in [1.29, 1.82) is 0 Å². The number of anilines is 1. The van der Waals surface area contributed by atoms with E-state index in [2.05, 4.69) is 15.3 Å². The maximum Gasteiger partial charge on any atom is 0.225 e. The van der Waals surface area contributed by atoms with E-state index in [1.807, 2.05) is 4.90 Å². The minimum atomic E-state index is -0.290. The number of carbonyl (C=O) groups excluding carboxylic acids is 1. The molecular formula is C17H19FN4O. The zero-order valence-electron chi connectivity index (χ0n) is 12.8. The van der Waals surface area contributed by atoms with Gasteiger partial charge in [0.1, 0.15) is 5.82 Å². The quantitative estimate of drug-likeness (QED) is 0.939. The molecule has 1 aromatic heterocycles. The van der Waals surface area contributed by atoms with Crippen LogP contribution in [0.5, 0.6) is 0 Å². The third kappa shape index (κ3) is 4.03. The van der Waals surface area contributed by atoms with Crippen molar-refractivity contribution in [2.45, 2.75) is 19.4 Å². The molecule has 0 spiro atoms. The number of halogens is 1. The van der Waals surface area contributed by atoms with Gasteiger partial charge in [-0.2, -0.15) is 0 Å². The first-order chi connectivity index (χ1) is 11.2. The molecule has 120 valence electrons. The van der Waals surface area contributed by atoms with Crippen LogP contribution in [0.4, 0.5) is 10.3 Å². The van der Waals surface area contributed by atoms with Gasteiger partial charge < -0.3 is 10.2 Å². The van der Waals surface area contributed by atoms with Crippen molar-refractivity contribution in [3.63, 3.8) is 0 Å². The highest BCUT2D eigenvalue weighted by Crippen LogP contribution is 2.20. The molecule has 5 nitrogen and oxygen atoms in total. The minimum absolute atomic E-state index is 0.00473. The lowest BCUT2D eigenvalue weighted by Crippen LogP contribution is -2.43. The summed E-state index contributed by atoms with van der Waals surface area (Å²) < 4.78 is 13.2. The molecule has 2 heterocycles. The molecule has 0 bridgehead atoms. The van der Waals surface area contributed by atoms with E-state index in [0.717, 1.165) is 24.9 Å². The molecule has 23 heavy (non-hydrogen) atoms. The molecule has 1 aromatic carbocycles. The molecule has 0 radical (unpaired) electrons. The lowest BCUT2D eigenvalue weighted by atomic mass is 9.97. The van der Waals surface area contributed by atoms with Crippen LogP contribution in [0.2, 0.25) is 0 Å². The predicted octanol–water partition coefficient (Wildman–Crippen LogP) is 2.15. The molecule has 1 fully saturated rings. The topological polar surface area (TPSA) is 58.1 Å². The maximum atomic E-state index is 13.2.